The molecule has 3 aromatic rings. The molecule has 0 saturated carbocycles. The van der Waals surface area contributed by atoms with Gasteiger partial charge in [-0.15, -0.1) is 0 Å². The summed E-state index contributed by atoms with van der Waals surface area (Å²) in [6, 6.07) is 13.1. The Kier molecular flexibility index (Phi) is 6.06. The normalized spacial score (nSPS) is 10.2. The molecule has 7 nitrogen and oxygen atoms in total. The third-order valence-corrected chi connectivity index (χ3v) is 4.17. The van der Waals surface area contributed by atoms with Gasteiger partial charge in [0.25, 0.3) is 5.91 Å². The van der Waals surface area contributed by atoms with Crippen LogP contribution in [0.4, 0.5) is 17.2 Å². The number of nitrogens with zero attached hydrogens (tertiary/aromatic N) is 2. The molecule has 0 aliphatic carbocycles. The summed E-state index contributed by atoms with van der Waals surface area (Å²) in [5, 5.41) is 5.93. The monoisotopic (exact) mass is 378 g/mol. The van der Waals surface area contributed by atoms with Gasteiger partial charge in [-0.25, -0.2) is 9.97 Å². The van der Waals surface area contributed by atoms with E-state index < -0.39 is 0 Å². The lowest BCUT2D eigenvalue weighted by Crippen LogP contribution is -2.14. The molecule has 1 heterocycles. The van der Waals surface area contributed by atoms with Gasteiger partial charge in [0.1, 0.15) is 23.0 Å². The Balaban J connectivity index is 1.70. The molecule has 0 atom stereocenters. The molecule has 0 aliphatic heterocycles. The molecule has 0 fully saturated rings. The number of ether oxygens (including phenoxy) is 2. The molecule has 0 bridgehead atoms. The van der Waals surface area contributed by atoms with Crippen molar-refractivity contribution in [2.75, 3.05) is 24.9 Å². The highest BCUT2D eigenvalue weighted by atomic mass is 16.5. The van der Waals surface area contributed by atoms with Crippen LogP contribution in [0.2, 0.25) is 0 Å². The van der Waals surface area contributed by atoms with E-state index in [-0.39, 0.29) is 11.6 Å². The van der Waals surface area contributed by atoms with Crippen LogP contribution < -0.4 is 20.1 Å². The predicted molar refractivity (Wildman–Crippen MR) is 109 cm³/mol. The van der Waals surface area contributed by atoms with Crippen LogP contribution in [-0.2, 0) is 6.42 Å². The molecule has 0 saturated heterocycles. The zero-order valence-electron chi connectivity index (χ0n) is 16.0. The molecular weight excluding hydrogens is 356 g/mol. The SMILES string of the molecule is CCc1ccc(NC(=O)c2cnc(Nc3cc(OC)ccc3OC)cn2)cc1. The first-order valence-electron chi connectivity index (χ1n) is 8.84. The summed E-state index contributed by atoms with van der Waals surface area (Å²) in [5.74, 6) is 1.49. The Morgan fingerprint density at radius 2 is 1.79 bits per heavy atom. The summed E-state index contributed by atoms with van der Waals surface area (Å²) in [6.07, 6.45) is 3.87. The second kappa shape index (κ2) is 8.85. The Labute approximate surface area is 163 Å². The summed E-state index contributed by atoms with van der Waals surface area (Å²) in [4.78, 5) is 20.8. The first-order chi connectivity index (χ1) is 13.6. The van der Waals surface area contributed by atoms with Crippen molar-refractivity contribution in [3.63, 3.8) is 0 Å². The number of methoxy groups -OCH3 is 2. The van der Waals surface area contributed by atoms with Gasteiger partial charge in [-0.1, -0.05) is 19.1 Å². The van der Waals surface area contributed by atoms with E-state index >= 15 is 0 Å². The van der Waals surface area contributed by atoms with Crippen molar-refractivity contribution >= 4 is 23.1 Å². The van der Waals surface area contributed by atoms with Crippen molar-refractivity contribution in [2.45, 2.75) is 13.3 Å². The Hall–Kier alpha value is -3.61. The zero-order valence-corrected chi connectivity index (χ0v) is 16.0. The molecule has 1 aromatic heterocycles. The summed E-state index contributed by atoms with van der Waals surface area (Å²) in [6.45, 7) is 2.08. The zero-order chi connectivity index (χ0) is 19.9. The second-order valence-electron chi connectivity index (χ2n) is 5.98. The average molecular weight is 378 g/mol. The number of hydrogen-bond acceptors (Lipinski definition) is 6. The Morgan fingerprint density at radius 3 is 2.39 bits per heavy atom. The van der Waals surface area contributed by atoms with E-state index in [1.165, 1.54) is 18.0 Å². The Bertz CT molecular complexity index is 941. The number of amides is 1. The third-order valence-electron chi connectivity index (χ3n) is 4.17. The Morgan fingerprint density at radius 1 is 1.00 bits per heavy atom. The van der Waals surface area contributed by atoms with Crippen LogP contribution in [0.5, 0.6) is 11.5 Å². The van der Waals surface area contributed by atoms with Gasteiger partial charge in [0.15, 0.2) is 0 Å². The number of benzene rings is 2. The van der Waals surface area contributed by atoms with E-state index in [0.717, 1.165) is 6.42 Å². The van der Waals surface area contributed by atoms with Gasteiger partial charge in [0, 0.05) is 11.8 Å². The quantitative estimate of drug-likeness (QED) is 0.645. The van der Waals surface area contributed by atoms with Crippen LogP contribution in [0.25, 0.3) is 0 Å². The van der Waals surface area contributed by atoms with Crippen LogP contribution in [0.15, 0.2) is 54.9 Å². The lowest BCUT2D eigenvalue weighted by atomic mass is 10.1. The molecule has 0 unspecified atom stereocenters. The number of rotatable bonds is 7. The fourth-order valence-corrected chi connectivity index (χ4v) is 2.58. The first kappa shape index (κ1) is 19.2. The highest BCUT2D eigenvalue weighted by Crippen LogP contribution is 2.30. The minimum atomic E-state index is -0.317. The van der Waals surface area contributed by atoms with E-state index in [9.17, 15) is 4.79 Å². The molecule has 144 valence electrons. The molecule has 1 amide bonds. The largest absolute Gasteiger partial charge is 0.497 e. The fraction of sp³-hybridized carbons (Fsp3) is 0.190. The van der Waals surface area contributed by atoms with Crippen LogP contribution in [0, 0.1) is 0 Å². The van der Waals surface area contributed by atoms with Gasteiger partial charge in [-0.05, 0) is 36.2 Å². The minimum absolute atomic E-state index is 0.225. The van der Waals surface area contributed by atoms with Gasteiger partial charge in [0.05, 0.1) is 32.3 Å². The van der Waals surface area contributed by atoms with Crippen molar-refractivity contribution < 1.29 is 14.3 Å². The molecule has 3 rings (SSSR count). The number of aromatic nitrogens is 2. The number of hydrogen-bond donors (Lipinski definition) is 2. The molecule has 28 heavy (non-hydrogen) atoms. The van der Waals surface area contributed by atoms with Gasteiger partial charge < -0.3 is 20.1 Å². The van der Waals surface area contributed by atoms with Crippen molar-refractivity contribution in [3.05, 3.63) is 66.1 Å². The topological polar surface area (TPSA) is 85.4 Å². The maximum atomic E-state index is 12.4. The highest BCUT2D eigenvalue weighted by Gasteiger charge is 2.10. The van der Waals surface area contributed by atoms with Gasteiger partial charge in [-0.2, -0.15) is 0 Å². The molecule has 0 aliphatic rings. The van der Waals surface area contributed by atoms with Crippen molar-refractivity contribution in [1.82, 2.24) is 9.97 Å². The van der Waals surface area contributed by atoms with E-state index in [2.05, 4.69) is 27.5 Å². The minimum Gasteiger partial charge on any atom is -0.497 e. The van der Waals surface area contributed by atoms with Gasteiger partial charge >= 0.3 is 0 Å². The third kappa shape index (κ3) is 4.56. The fourth-order valence-electron chi connectivity index (χ4n) is 2.58. The summed E-state index contributed by atoms with van der Waals surface area (Å²) < 4.78 is 10.6. The maximum absolute atomic E-state index is 12.4. The summed E-state index contributed by atoms with van der Waals surface area (Å²) >= 11 is 0. The lowest BCUT2D eigenvalue weighted by Gasteiger charge is -2.12. The molecule has 0 spiro atoms. The van der Waals surface area contributed by atoms with Gasteiger partial charge in [-0.3, -0.25) is 4.79 Å². The number of carbonyl (C=O) groups is 1. The van der Waals surface area contributed by atoms with E-state index in [1.54, 1.807) is 32.4 Å². The number of carbonyl (C=O) groups excluding carboxylic acids is 1. The molecule has 2 aromatic carbocycles. The van der Waals surface area contributed by atoms with Crippen molar-refractivity contribution in [2.24, 2.45) is 0 Å². The lowest BCUT2D eigenvalue weighted by molar-refractivity contribution is 0.102. The smallest absolute Gasteiger partial charge is 0.275 e. The van der Waals surface area contributed by atoms with Crippen LogP contribution in [0.1, 0.15) is 23.0 Å². The summed E-state index contributed by atoms with van der Waals surface area (Å²) in [7, 11) is 3.17. The number of anilines is 3. The van der Waals surface area contributed by atoms with Crippen LogP contribution in [0.3, 0.4) is 0 Å². The first-order valence-corrected chi connectivity index (χ1v) is 8.84. The second-order valence-corrected chi connectivity index (χ2v) is 5.98. The number of aryl methyl sites for hydroxylation is 1. The number of nitrogens with one attached hydrogen (secondary N) is 2. The van der Waals surface area contributed by atoms with E-state index in [4.69, 9.17) is 9.47 Å². The predicted octanol–water partition coefficient (Wildman–Crippen LogP) is 4.05. The van der Waals surface area contributed by atoms with Crippen molar-refractivity contribution in [3.8, 4) is 11.5 Å². The van der Waals surface area contributed by atoms with E-state index in [0.29, 0.717) is 28.7 Å². The van der Waals surface area contributed by atoms with Crippen LogP contribution in [-0.4, -0.2) is 30.1 Å². The molecular formula is C21H22N4O3. The molecule has 2 N–H and O–H groups in total. The van der Waals surface area contributed by atoms with E-state index in [1.807, 2.05) is 24.3 Å². The molecule has 7 heteroatoms. The average Bonchev–Trinajstić information content (AvgIpc) is 2.74. The van der Waals surface area contributed by atoms with Crippen LogP contribution >= 0.6 is 0 Å². The van der Waals surface area contributed by atoms with Crippen molar-refractivity contribution in [1.29, 1.82) is 0 Å². The molecule has 0 radical (unpaired) electrons. The van der Waals surface area contributed by atoms with Gasteiger partial charge in [0.2, 0.25) is 0 Å². The maximum Gasteiger partial charge on any atom is 0.275 e. The summed E-state index contributed by atoms with van der Waals surface area (Å²) in [5.41, 5.74) is 2.83. The standard InChI is InChI=1S/C21H22N4O3/c1-4-14-5-7-15(8-6-14)24-21(26)18-12-23-20(13-22-18)25-17-11-16(27-2)9-10-19(17)28-3/h5-13H,4H2,1-3H3,(H,23,25)(H,24,26). The highest BCUT2D eigenvalue weighted by molar-refractivity contribution is 6.02.